The van der Waals surface area contributed by atoms with E-state index in [2.05, 4.69) is 11.1 Å². The molecule has 1 aromatic rings. The molecule has 0 aromatic carbocycles. The second kappa shape index (κ2) is 5.36. The molecular formula is C12H15N3O2S. The largest absolute Gasteiger partial charge is 0.481 e. The number of hydrogen-bond donors (Lipinski definition) is 1. The van der Waals surface area contributed by atoms with Gasteiger partial charge in [0.2, 0.25) is 0 Å². The minimum Gasteiger partial charge on any atom is -0.481 e. The van der Waals surface area contributed by atoms with Crippen molar-refractivity contribution in [3.05, 3.63) is 10.6 Å². The Balaban J connectivity index is 2.19. The highest BCUT2D eigenvalue weighted by Crippen LogP contribution is 2.39. The van der Waals surface area contributed by atoms with E-state index in [1.165, 1.54) is 0 Å². The third kappa shape index (κ3) is 2.31. The van der Waals surface area contributed by atoms with E-state index in [4.69, 9.17) is 10.4 Å². The van der Waals surface area contributed by atoms with Gasteiger partial charge in [-0.25, -0.2) is 4.98 Å². The van der Waals surface area contributed by atoms with Crippen LogP contribution in [0.5, 0.6) is 0 Å². The fourth-order valence-corrected chi connectivity index (χ4v) is 3.39. The number of hydrogen-bond acceptors (Lipinski definition) is 5. The van der Waals surface area contributed by atoms with Gasteiger partial charge in [0.25, 0.3) is 0 Å². The van der Waals surface area contributed by atoms with Gasteiger partial charge in [-0.1, -0.05) is 0 Å². The van der Waals surface area contributed by atoms with Gasteiger partial charge in [0.05, 0.1) is 18.2 Å². The summed E-state index contributed by atoms with van der Waals surface area (Å²) in [6, 6.07) is 2.12. The van der Waals surface area contributed by atoms with Crippen molar-refractivity contribution in [3.8, 4) is 6.07 Å². The molecule has 0 bridgehead atoms. The van der Waals surface area contributed by atoms with Crippen molar-refractivity contribution in [1.82, 2.24) is 4.98 Å². The van der Waals surface area contributed by atoms with Crippen molar-refractivity contribution in [1.29, 1.82) is 5.26 Å². The van der Waals surface area contributed by atoms with Crippen LogP contribution in [0.1, 0.15) is 36.3 Å². The van der Waals surface area contributed by atoms with Gasteiger partial charge in [0.1, 0.15) is 5.92 Å². The van der Waals surface area contributed by atoms with Gasteiger partial charge in [-0.2, -0.15) is 5.26 Å². The number of nitriles is 1. The lowest BCUT2D eigenvalue weighted by Crippen LogP contribution is -2.23. The number of aryl methyl sites for hydroxylation is 1. The Kier molecular flexibility index (Phi) is 3.82. The summed E-state index contributed by atoms with van der Waals surface area (Å²) in [6.07, 6.45) is 1.92. The molecule has 18 heavy (non-hydrogen) atoms. The number of anilines is 1. The third-order valence-electron chi connectivity index (χ3n) is 3.15. The van der Waals surface area contributed by atoms with Crippen LogP contribution in [0.25, 0.3) is 0 Å². The van der Waals surface area contributed by atoms with E-state index in [0.717, 1.165) is 28.7 Å². The SMILES string of the molecule is CCN(CCC#N)c1nc2c(s1)CCC2C(=O)O. The number of aliphatic carboxylic acids is 1. The number of fused-ring (bicyclic) bond motifs is 1. The first-order valence-corrected chi connectivity index (χ1v) is 6.83. The summed E-state index contributed by atoms with van der Waals surface area (Å²) in [7, 11) is 0. The van der Waals surface area contributed by atoms with Crippen LogP contribution in [-0.2, 0) is 11.2 Å². The molecule has 0 saturated carbocycles. The van der Waals surface area contributed by atoms with E-state index < -0.39 is 11.9 Å². The Morgan fingerprint density at radius 1 is 1.72 bits per heavy atom. The number of rotatable bonds is 5. The van der Waals surface area contributed by atoms with Crippen molar-refractivity contribution < 1.29 is 9.90 Å². The molecule has 96 valence electrons. The van der Waals surface area contributed by atoms with E-state index in [9.17, 15) is 4.79 Å². The summed E-state index contributed by atoms with van der Waals surface area (Å²) in [5.74, 6) is -1.23. The predicted octanol–water partition coefficient (Wildman–Crippen LogP) is 2.00. The summed E-state index contributed by atoms with van der Waals surface area (Å²) < 4.78 is 0. The molecule has 6 heteroatoms. The van der Waals surface area contributed by atoms with Crippen molar-refractivity contribution in [2.45, 2.75) is 32.1 Å². The maximum Gasteiger partial charge on any atom is 0.312 e. The number of thiazole rings is 1. The van der Waals surface area contributed by atoms with Gasteiger partial charge < -0.3 is 10.0 Å². The summed E-state index contributed by atoms with van der Waals surface area (Å²) in [5, 5.41) is 18.6. The lowest BCUT2D eigenvalue weighted by molar-refractivity contribution is -0.138. The highest BCUT2D eigenvalue weighted by atomic mass is 32.1. The van der Waals surface area contributed by atoms with Crippen LogP contribution in [0, 0.1) is 11.3 Å². The molecule has 1 heterocycles. The number of carboxylic acids is 1. The summed E-state index contributed by atoms with van der Waals surface area (Å²) >= 11 is 1.57. The molecule has 1 aliphatic carbocycles. The first-order chi connectivity index (χ1) is 8.67. The number of nitrogens with zero attached hydrogens (tertiary/aromatic N) is 3. The monoisotopic (exact) mass is 265 g/mol. The van der Waals surface area contributed by atoms with Gasteiger partial charge >= 0.3 is 5.97 Å². The molecule has 0 saturated heterocycles. The molecule has 0 spiro atoms. The number of carbonyl (C=O) groups is 1. The van der Waals surface area contributed by atoms with Gasteiger partial charge in [-0.15, -0.1) is 11.3 Å². The summed E-state index contributed by atoms with van der Waals surface area (Å²) in [6.45, 7) is 3.45. The molecule has 1 N–H and O–H groups in total. The second-order valence-corrected chi connectivity index (χ2v) is 5.28. The van der Waals surface area contributed by atoms with E-state index in [1.807, 2.05) is 11.8 Å². The van der Waals surface area contributed by atoms with Crippen molar-refractivity contribution in [3.63, 3.8) is 0 Å². The number of aromatic nitrogens is 1. The van der Waals surface area contributed by atoms with Gasteiger partial charge in [0.15, 0.2) is 5.13 Å². The molecule has 1 atom stereocenters. The third-order valence-corrected chi connectivity index (χ3v) is 4.34. The lowest BCUT2D eigenvalue weighted by atomic mass is 10.1. The lowest BCUT2D eigenvalue weighted by Gasteiger charge is -2.18. The topological polar surface area (TPSA) is 77.2 Å². The number of carboxylic acid groups (broad SMARTS) is 1. The van der Waals surface area contributed by atoms with Gasteiger partial charge in [-0.05, 0) is 19.8 Å². The van der Waals surface area contributed by atoms with Crippen LogP contribution in [0.4, 0.5) is 5.13 Å². The summed E-state index contributed by atoms with van der Waals surface area (Å²) in [4.78, 5) is 18.7. The maximum absolute atomic E-state index is 11.1. The molecule has 1 aliphatic rings. The average Bonchev–Trinajstić information content (AvgIpc) is 2.89. The molecule has 0 radical (unpaired) electrons. The Bertz CT molecular complexity index is 492. The minimum atomic E-state index is -0.786. The molecular weight excluding hydrogens is 250 g/mol. The fourth-order valence-electron chi connectivity index (χ4n) is 2.16. The van der Waals surface area contributed by atoms with Crippen LogP contribution in [0.3, 0.4) is 0 Å². The van der Waals surface area contributed by atoms with E-state index in [-0.39, 0.29) is 0 Å². The van der Waals surface area contributed by atoms with E-state index in [1.54, 1.807) is 11.3 Å². The van der Waals surface area contributed by atoms with Crippen LogP contribution < -0.4 is 4.90 Å². The van der Waals surface area contributed by atoms with Gasteiger partial charge in [-0.3, -0.25) is 4.79 Å². The van der Waals surface area contributed by atoms with E-state index in [0.29, 0.717) is 19.4 Å². The molecule has 5 nitrogen and oxygen atoms in total. The van der Waals surface area contributed by atoms with Crippen molar-refractivity contribution >= 4 is 22.4 Å². The highest BCUT2D eigenvalue weighted by Gasteiger charge is 2.32. The molecule has 0 amide bonds. The highest BCUT2D eigenvalue weighted by molar-refractivity contribution is 7.15. The Labute approximate surface area is 110 Å². The Morgan fingerprint density at radius 2 is 2.50 bits per heavy atom. The summed E-state index contributed by atoms with van der Waals surface area (Å²) in [5.41, 5.74) is 0.734. The zero-order valence-corrected chi connectivity index (χ0v) is 11.0. The van der Waals surface area contributed by atoms with Crippen LogP contribution in [-0.4, -0.2) is 29.1 Å². The Hall–Kier alpha value is -1.61. The van der Waals surface area contributed by atoms with Crippen molar-refractivity contribution in [2.24, 2.45) is 0 Å². The minimum absolute atomic E-state index is 0.445. The van der Waals surface area contributed by atoms with Crippen LogP contribution >= 0.6 is 11.3 Å². The normalized spacial score (nSPS) is 17.2. The maximum atomic E-state index is 11.1. The zero-order chi connectivity index (χ0) is 13.1. The molecule has 1 unspecified atom stereocenters. The molecule has 0 fully saturated rings. The van der Waals surface area contributed by atoms with E-state index >= 15 is 0 Å². The predicted molar refractivity (Wildman–Crippen MR) is 68.9 cm³/mol. The van der Waals surface area contributed by atoms with Crippen LogP contribution in [0.2, 0.25) is 0 Å². The molecule has 1 aromatic heterocycles. The quantitative estimate of drug-likeness (QED) is 0.881. The standard InChI is InChI=1S/C12H15N3O2S/c1-2-15(7-3-6-13)12-14-10-8(11(16)17)4-5-9(10)18-12/h8H,2-5,7H2,1H3,(H,16,17). The Morgan fingerprint density at radius 3 is 3.11 bits per heavy atom. The first kappa shape index (κ1) is 12.8. The second-order valence-electron chi connectivity index (χ2n) is 4.22. The average molecular weight is 265 g/mol. The van der Waals surface area contributed by atoms with Crippen molar-refractivity contribution in [2.75, 3.05) is 18.0 Å². The molecule has 0 aliphatic heterocycles. The van der Waals surface area contributed by atoms with Crippen LogP contribution in [0.15, 0.2) is 0 Å². The first-order valence-electron chi connectivity index (χ1n) is 6.01. The van der Waals surface area contributed by atoms with Gasteiger partial charge in [0, 0.05) is 18.0 Å². The fraction of sp³-hybridized carbons (Fsp3) is 0.583. The smallest absolute Gasteiger partial charge is 0.312 e. The zero-order valence-electron chi connectivity index (χ0n) is 10.2. The molecule has 2 rings (SSSR count).